The van der Waals surface area contributed by atoms with Gasteiger partial charge in [0.2, 0.25) is 0 Å². The highest BCUT2D eigenvalue weighted by Gasteiger charge is 2.45. The minimum Gasteiger partial charge on any atom is -0.461 e. The highest BCUT2D eigenvalue weighted by Crippen LogP contribution is 2.39. The van der Waals surface area contributed by atoms with Crippen LogP contribution in [0.4, 0.5) is 8.78 Å². The minimum atomic E-state index is -3.19. The van der Waals surface area contributed by atoms with Crippen LogP contribution in [0.3, 0.4) is 0 Å². The van der Waals surface area contributed by atoms with Crippen LogP contribution in [-0.4, -0.2) is 55.7 Å². The molecule has 38 heavy (non-hydrogen) atoms. The van der Waals surface area contributed by atoms with E-state index in [2.05, 4.69) is 19.7 Å². The Morgan fingerprint density at radius 1 is 0.789 bits per heavy atom. The molecule has 0 aromatic rings. The highest BCUT2D eigenvalue weighted by atomic mass is 19.3. The Labute approximate surface area is 223 Å². The van der Waals surface area contributed by atoms with Crippen LogP contribution in [0.25, 0.3) is 0 Å². The van der Waals surface area contributed by atoms with Gasteiger partial charge < -0.3 is 18.9 Å². The van der Waals surface area contributed by atoms with Crippen molar-refractivity contribution in [2.24, 2.45) is 11.3 Å². The Hall–Kier alpha value is -3.04. The van der Waals surface area contributed by atoms with Gasteiger partial charge in [0.1, 0.15) is 31.3 Å². The van der Waals surface area contributed by atoms with Gasteiger partial charge in [-0.1, -0.05) is 45.4 Å². The van der Waals surface area contributed by atoms with E-state index >= 15 is 8.78 Å². The molecule has 1 aliphatic carbocycles. The van der Waals surface area contributed by atoms with Crippen molar-refractivity contribution in [2.45, 2.75) is 84.7 Å². The molecule has 1 saturated carbocycles. The second-order valence-electron chi connectivity index (χ2n) is 10.3. The lowest BCUT2D eigenvalue weighted by molar-refractivity contribution is -0.183. The Bertz CT molecular complexity index is 886. The molecule has 0 saturated heterocycles. The number of hydrogen-bond acceptors (Lipinski definition) is 8. The summed E-state index contributed by atoms with van der Waals surface area (Å²) in [4.78, 5) is 49.1. The summed E-state index contributed by atoms with van der Waals surface area (Å²) < 4.78 is 51.4. The van der Waals surface area contributed by atoms with E-state index < -0.39 is 73.5 Å². The topological polar surface area (TPSA) is 105 Å². The maximum Gasteiger partial charge on any atom is 0.333 e. The lowest BCUT2D eigenvalue weighted by atomic mass is 9.89. The fourth-order valence-corrected chi connectivity index (χ4v) is 3.75. The Morgan fingerprint density at radius 3 is 1.63 bits per heavy atom. The first-order chi connectivity index (χ1) is 17.6. The molecule has 1 atom stereocenters. The summed E-state index contributed by atoms with van der Waals surface area (Å²) in [5, 5.41) is 0. The van der Waals surface area contributed by atoms with Crippen LogP contribution in [0.15, 0.2) is 36.5 Å². The summed E-state index contributed by atoms with van der Waals surface area (Å²) in [6.07, 6.45) is 1.40. The van der Waals surface area contributed by atoms with Gasteiger partial charge in [-0.3, -0.25) is 4.79 Å². The monoisotopic (exact) mass is 542 g/mol. The molecule has 8 nitrogen and oxygen atoms in total. The van der Waals surface area contributed by atoms with E-state index in [-0.39, 0.29) is 16.7 Å². The first-order valence-electron chi connectivity index (χ1n) is 12.7. The van der Waals surface area contributed by atoms with Gasteiger partial charge >= 0.3 is 23.9 Å². The number of esters is 4. The van der Waals surface area contributed by atoms with Gasteiger partial charge in [0.25, 0.3) is 5.92 Å². The molecule has 0 amide bonds. The Kier molecular flexibility index (Phi) is 12.8. The molecule has 1 unspecified atom stereocenters. The molecular formula is C28H40F2O8. The molecule has 0 heterocycles. The molecule has 1 aliphatic rings. The van der Waals surface area contributed by atoms with Crippen molar-refractivity contribution in [3.8, 4) is 0 Å². The van der Waals surface area contributed by atoms with Gasteiger partial charge in [0.15, 0.2) is 0 Å². The smallest absolute Gasteiger partial charge is 0.333 e. The molecule has 0 spiro atoms. The quantitative estimate of drug-likeness (QED) is 0.127. The van der Waals surface area contributed by atoms with Crippen LogP contribution in [-0.2, 0) is 38.1 Å². The van der Waals surface area contributed by atoms with Gasteiger partial charge in [-0.25, -0.2) is 23.2 Å². The summed E-state index contributed by atoms with van der Waals surface area (Å²) >= 11 is 0. The first-order valence-corrected chi connectivity index (χ1v) is 12.7. The van der Waals surface area contributed by atoms with Gasteiger partial charge in [-0.2, -0.15) is 0 Å². The third-order valence-corrected chi connectivity index (χ3v) is 6.21. The maximum atomic E-state index is 15.3. The normalized spacial score (nSPS) is 15.4. The van der Waals surface area contributed by atoms with Crippen molar-refractivity contribution >= 4 is 23.9 Å². The lowest BCUT2D eigenvalue weighted by Crippen LogP contribution is -2.44. The van der Waals surface area contributed by atoms with Gasteiger partial charge in [0, 0.05) is 22.6 Å². The zero-order valence-corrected chi connectivity index (χ0v) is 22.9. The molecule has 0 N–H and O–H groups in total. The van der Waals surface area contributed by atoms with Crippen LogP contribution in [0.1, 0.15) is 72.6 Å². The van der Waals surface area contributed by atoms with Crippen molar-refractivity contribution in [1.82, 2.24) is 0 Å². The van der Waals surface area contributed by atoms with Gasteiger partial charge in [-0.05, 0) is 40.5 Å². The highest BCUT2D eigenvalue weighted by molar-refractivity contribution is 5.88. The largest absolute Gasteiger partial charge is 0.461 e. The molecule has 0 aromatic carbocycles. The molecule has 0 bridgehead atoms. The average Bonchev–Trinajstić information content (AvgIpc) is 3.14. The summed E-state index contributed by atoms with van der Waals surface area (Å²) in [5.74, 6) is -7.60. The predicted molar refractivity (Wildman–Crippen MR) is 136 cm³/mol. The predicted octanol–water partition coefficient (Wildman–Crippen LogP) is 5.26. The van der Waals surface area contributed by atoms with Crippen LogP contribution < -0.4 is 0 Å². The van der Waals surface area contributed by atoms with Crippen molar-refractivity contribution in [3.05, 3.63) is 36.5 Å². The van der Waals surface area contributed by atoms with Crippen molar-refractivity contribution < 1.29 is 46.9 Å². The van der Waals surface area contributed by atoms with E-state index in [1.165, 1.54) is 27.7 Å². The molecule has 10 heteroatoms. The minimum absolute atomic E-state index is 0.0499. The van der Waals surface area contributed by atoms with Crippen LogP contribution in [0, 0.1) is 11.3 Å². The van der Waals surface area contributed by atoms with Crippen LogP contribution in [0.5, 0.6) is 0 Å². The Balaban J connectivity index is 3.16. The Morgan fingerprint density at radius 2 is 1.21 bits per heavy atom. The molecule has 1 fully saturated rings. The second kappa shape index (κ2) is 14.8. The van der Waals surface area contributed by atoms with Crippen LogP contribution in [0.2, 0.25) is 0 Å². The van der Waals surface area contributed by atoms with E-state index in [0.29, 0.717) is 25.7 Å². The standard InChI is InChI=1S/C28H40F2O8/c1-18(2)23(31)35-15-22(14-28(29,30)21-12-10-8-9-11-13-21)38-26(34)27(7,16-36-24(32)19(3)4)17-37-25(33)20(5)6/h21-22H,1,3,5,8-17H2,2,4,6-7H3. The fraction of sp³-hybridized carbons (Fsp3) is 0.643. The van der Waals surface area contributed by atoms with E-state index in [9.17, 15) is 19.2 Å². The summed E-state index contributed by atoms with van der Waals surface area (Å²) in [6, 6.07) is 0. The van der Waals surface area contributed by atoms with Gasteiger partial charge in [0.05, 0.1) is 6.42 Å². The van der Waals surface area contributed by atoms with E-state index in [4.69, 9.17) is 18.9 Å². The number of hydrogen-bond donors (Lipinski definition) is 0. The van der Waals surface area contributed by atoms with E-state index in [1.807, 2.05) is 0 Å². The first kappa shape index (κ1) is 33.0. The van der Waals surface area contributed by atoms with E-state index in [0.717, 1.165) is 12.8 Å². The third-order valence-electron chi connectivity index (χ3n) is 6.21. The SMILES string of the molecule is C=C(C)C(=O)OCC(CC(F)(F)C1CCCCCC1)OC(=O)C(C)(COC(=O)C(=C)C)COC(=O)C(=C)C. The van der Waals surface area contributed by atoms with Crippen molar-refractivity contribution in [2.75, 3.05) is 19.8 Å². The maximum absolute atomic E-state index is 15.3. The zero-order valence-electron chi connectivity index (χ0n) is 22.9. The third kappa shape index (κ3) is 10.8. The summed E-state index contributed by atoms with van der Waals surface area (Å²) in [7, 11) is 0. The second-order valence-corrected chi connectivity index (χ2v) is 10.3. The van der Waals surface area contributed by atoms with Crippen molar-refractivity contribution in [3.63, 3.8) is 0 Å². The molecule has 0 radical (unpaired) electrons. The zero-order chi connectivity index (χ0) is 29.1. The lowest BCUT2D eigenvalue weighted by Gasteiger charge is -2.32. The molecule has 0 aliphatic heterocycles. The van der Waals surface area contributed by atoms with Crippen molar-refractivity contribution in [1.29, 1.82) is 0 Å². The average molecular weight is 543 g/mol. The summed E-state index contributed by atoms with van der Waals surface area (Å²) in [6.45, 7) is 14.1. The van der Waals surface area contributed by atoms with Crippen LogP contribution >= 0.6 is 0 Å². The molecule has 214 valence electrons. The molecule has 0 aromatic heterocycles. The molecular weight excluding hydrogens is 502 g/mol. The van der Waals surface area contributed by atoms with E-state index in [1.54, 1.807) is 0 Å². The number of rotatable bonds is 14. The number of halogens is 2. The molecule has 1 rings (SSSR count). The summed E-state index contributed by atoms with van der Waals surface area (Å²) in [5.41, 5.74) is -1.59. The van der Waals surface area contributed by atoms with Gasteiger partial charge in [-0.15, -0.1) is 0 Å². The fourth-order valence-electron chi connectivity index (χ4n) is 3.75. The number of ether oxygens (including phenoxy) is 4. The number of alkyl halides is 2. The number of carbonyl (C=O) groups is 4. The number of carbonyl (C=O) groups excluding carboxylic acids is 4.